The lowest BCUT2D eigenvalue weighted by Crippen LogP contribution is -2.24. The number of aryl methyl sites for hydroxylation is 2. The number of phenols is 1. The number of aromatic hydroxyl groups is 1. The smallest absolute Gasteiger partial charge is 0.343 e. The molecule has 3 rings (SSSR count). The first-order chi connectivity index (χ1) is 16.8. The Hall–Kier alpha value is -4.53. The standard InChI is InChI=1S/C26H26N2O7/c1-16-5-6-17(2)21(11-16)34-15-24(29)28-27-14-18-7-9-20(10-8-18)35-26(31)19-12-22(32-3)25(30)23(13-19)33-4/h5-14,30H,15H2,1-4H3,(H,28,29)/b27-14+. The predicted molar refractivity (Wildman–Crippen MR) is 130 cm³/mol. The molecule has 35 heavy (non-hydrogen) atoms. The molecule has 1 amide bonds. The topological polar surface area (TPSA) is 116 Å². The summed E-state index contributed by atoms with van der Waals surface area (Å²) in [6.45, 7) is 3.69. The van der Waals surface area contributed by atoms with Gasteiger partial charge in [0.1, 0.15) is 11.5 Å². The Morgan fingerprint density at radius 1 is 0.943 bits per heavy atom. The maximum absolute atomic E-state index is 12.5. The van der Waals surface area contributed by atoms with Crippen LogP contribution in [0.1, 0.15) is 27.0 Å². The molecule has 0 saturated heterocycles. The van der Waals surface area contributed by atoms with Crippen LogP contribution in [0.15, 0.2) is 59.7 Å². The highest BCUT2D eigenvalue weighted by atomic mass is 16.5. The van der Waals surface area contributed by atoms with Gasteiger partial charge in [-0.05, 0) is 73.0 Å². The maximum Gasteiger partial charge on any atom is 0.343 e. The summed E-state index contributed by atoms with van der Waals surface area (Å²) in [7, 11) is 2.73. The highest BCUT2D eigenvalue weighted by Crippen LogP contribution is 2.37. The number of carbonyl (C=O) groups excluding carboxylic acids is 2. The summed E-state index contributed by atoms with van der Waals surface area (Å²) in [4.78, 5) is 24.5. The van der Waals surface area contributed by atoms with Gasteiger partial charge in [0.2, 0.25) is 5.75 Å². The number of esters is 1. The van der Waals surface area contributed by atoms with Crippen LogP contribution >= 0.6 is 0 Å². The number of hydrogen-bond acceptors (Lipinski definition) is 8. The largest absolute Gasteiger partial charge is 0.502 e. The van der Waals surface area contributed by atoms with Gasteiger partial charge in [-0.1, -0.05) is 12.1 Å². The van der Waals surface area contributed by atoms with Crippen LogP contribution in [0.3, 0.4) is 0 Å². The normalized spacial score (nSPS) is 10.6. The van der Waals surface area contributed by atoms with E-state index in [1.165, 1.54) is 32.6 Å². The molecular formula is C26H26N2O7. The van der Waals surface area contributed by atoms with E-state index in [0.717, 1.165) is 11.1 Å². The molecule has 0 unspecified atom stereocenters. The van der Waals surface area contributed by atoms with Crippen LogP contribution in [-0.4, -0.2) is 44.0 Å². The number of nitrogens with one attached hydrogen (secondary N) is 1. The SMILES string of the molecule is COc1cc(C(=O)Oc2ccc(/C=N/NC(=O)COc3cc(C)ccc3C)cc2)cc(OC)c1O. The van der Waals surface area contributed by atoms with Crippen LogP contribution in [-0.2, 0) is 4.79 Å². The summed E-state index contributed by atoms with van der Waals surface area (Å²) in [5, 5.41) is 13.9. The zero-order chi connectivity index (χ0) is 25.4. The Kier molecular flexibility index (Phi) is 8.29. The number of phenolic OH excluding ortho intramolecular Hbond substituents is 1. The van der Waals surface area contributed by atoms with Crippen molar-refractivity contribution in [3.8, 4) is 28.7 Å². The summed E-state index contributed by atoms with van der Waals surface area (Å²) >= 11 is 0. The van der Waals surface area contributed by atoms with E-state index in [9.17, 15) is 14.7 Å². The number of benzene rings is 3. The van der Waals surface area contributed by atoms with Gasteiger partial charge in [-0.15, -0.1) is 0 Å². The molecule has 0 spiro atoms. The second-order valence-electron chi connectivity index (χ2n) is 7.54. The third kappa shape index (κ3) is 6.73. The summed E-state index contributed by atoms with van der Waals surface area (Å²) in [6, 6.07) is 15.0. The molecule has 0 radical (unpaired) electrons. The van der Waals surface area contributed by atoms with E-state index in [0.29, 0.717) is 17.1 Å². The summed E-state index contributed by atoms with van der Waals surface area (Å²) in [5.41, 5.74) is 5.21. The number of nitrogens with zero attached hydrogens (tertiary/aromatic N) is 1. The third-order valence-corrected chi connectivity index (χ3v) is 4.91. The minimum absolute atomic E-state index is 0.0873. The van der Waals surface area contributed by atoms with Crippen molar-refractivity contribution in [1.82, 2.24) is 5.43 Å². The molecule has 0 fully saturated rings. The first-order valence-electron chi connectivity index (χ1n) is 10.6. The van der Waals surface area contributed by atoms with Gasteiger partial charge in [-0.25, -0.2) is 10.2 Å². The molecule has 2 N–H and O–H groups in total. The third-order valence-electron chi connectivity index (χ3n) is 4.91. The number of ether oxygens (including phenoxy) is 4. The number of carbonyl (C=O) groups is 2. The van der Waals surface area contributed by atoms with E-state index >= 15 is 0 Å². The fourth-order valence-corrected chi connectivity index (χ4v) is 3.02. The Labute approximate surface area is 202 Å². The van der Waals surface area contributed by atoms with Gasteiger partial charge < -0.3 is 24.1 Å². The molecule has 0 bridgehead atoms. The lowest BCUT2D eigenvalue weighted by Gasteiger charge is -2.11. The molecule has 0 aliphatic heterocycles. The van der Waals surface area contributed by atoms with Gasteiger partial charge in [-0.3, -0.25) is 4.79 Å². The molecule has 3 aromatic carbocycles. The van der Waals surface area contributed by atoms with Crippen LogP contribution in [0.5, 0.6) is 28.7 Å². The van der Waals surface area contributed by atoms with Crippen molar-refractivity contribution in [3.05, 3.63) is 76.9 Å². The van der Waals surface area contributed by atoms with Crippen molar-refractivity contribution in [2.45, 2.75) is 13.8 Å². The van der Waals surface area contributed by atoms with Crippen LogP contribution in [0, 0.1) is 13.8 Å². The van der Waals surface area contributed by atoms with Crippen LogP contribution < -0.4 is 24.4 Å². The van der Waals surface area contributed by atoms with E-state index < -0.39 is 11.9 Å². The van der Waals surface area contributed by atoms with Crippen molar-refractivity contribution < 1.29 is 33.6 Å². The van der Waals surface area contributed by atoms with Crippen molar-refractivity contribution in [1.29, 1.82) is 0 Å². The molecular weight excluding hydrogens is 452 g/mol. The summed E-state index contributed by atoms with van der Waals surface area (Å²) < 4.78 is 21.0. The van der Waals surface area contributed by atoms with E-state index in [-0.39, 0.29) is 29.4 Å². The quantitative estimate of drug-likeness (QED) is 0.208. The zero-order valence-electron chi connectivity index (χ0n) is 19.8. The van der Waals surface area contributed by atoms with Crippen LogP contribution in [0.25, 0.3) is 0 Å². The van der Waals surface area contributed by atoms with Crippen molar-refractivity contribution >= 4 is 18.1 Å². The number of hydrogen-bond donors (Lipinski definition) is 2. The number of rotatable bonds is 9. The molecule has 0 aliphatic carbocycles. The Morgan fingerprint density at radius 2 is 1.60 bits per heavy atom. The molecule has 0 aromatic heterocycles. The Bertz CT molecular complexity index is 1210. The molecule has 0 aliphatic rings. The van der Waals surface area contributed by atoms with E-state index in [1.54, 1.807) is 24.3 Å². The Morgan fingerprint density at radius 3 is 2.23 bits per heavy atom. The van der Waals surface area contributed by atoms with E-state index in [4.69, 9.17) is 18.9 Å². The summed E-state index contributed by atoms with van der Waals surface area (Å²) in [6.07, 6.45) is 1.46. The highest BCUT2D eigenvalue weighted by molar-refractivity contribution is 5.93. The van der Waals surface area contributed by atoms with Crippen molar-refractivity contribution in [2.75, 3.05) is 20.8 Å². The number of hydrazone groups is 1. The van der Waals surface area contributed by atoms with E-state index in [1.807, 2.05) is 32.0 Å². The minimum atomic E-state index is -0.654. The van der Waals surface area contributed by atoms with Gasteiger partial charge in [0.25, 0.3) is 5.91 Å². The van der Waals surface area contributed by atoms with Gasteiger partial charge >= 0.3 is 5.97 Å². The van der Waals surface area contributed by atoms with Crippen molar-refractivity contribution in [3.63, 3.8) is 0 Å². The average Bonchev–Trinajstić information content (AvgIpc) is 2.85. The molecule has 0 saturated carbocycles. The van der Waals surface area contributed by atoms with Crippen LogP contribution in [0.2, 0.25) is 0 Å². The molecule has 9 nitrogen and oxygen atoms in total. The number of methoxy groups -OCH3 is 2. The monoisotopic (exact) mass is 478 g/mol. The van der Waals surface area contributed by atoms with Gasteiger partial charge in [-0.2, -0.15) is 5.10 Å². The number of amides is 1. The Balaban J connectivity index is 1.54. The predicted octanol–water partition coefficient (Wildman–Crippen LogP) is 3.77. The second-order valence-corrected chi connectivity index (χ2v) is 7.54. The lowest BCUT2D eigenvalue weighted by atomic mass is 10.1. The molecule has 0 heterocycles. The van der Waals surface area contributed by atoms with E-state index in [2.05, 4.69) is 10.5 Å². The molecule has 9 heteroatoms. The molecule has 182 valence electrons. The van der Waals surface area contributed by atoms with Gasteiger partial charge in [0, 0.05) is 0 Å². The van der Waals surface area contributed by atoms with Crippen LogP contribution in [0.4, 0.5) is 0 Å². The molecule has 0 atom stereocenters. The fraction of sp³-hybridized carbons (Fsp3) is 0.192. The minimum Gasteiger partial charge on any atom is -0.502 e. The molecule has 3 aromatic rings. The van der Waals surface area contributed by atoms with Gasteiger partial charge in [0.15, 0.2) is 18.1 Å². The fourth-order valence-electron chi connectivity index (χ4n) is 3.02. The first kappa shape index (κ1) is 25.1. The van der Waals surface area contributed by atoms with Crippen molar-refractivity contribution in [2.24, 2.45) is 5.10 Å². The average molecular weight is 479 g/mol. The summed E-state index contributed by atoms with van der Waals surface area (Å²) in [5.74, 6) is -0.137. The first-order valence-corrected chi connectivity index (χ1v) is 10.6. The highest BCUT2D eigenvalue weighted by Gasteiger charge is 2.17. The maximum atomic E-state index is 12.5. The second kappa shape index (κ2) is 11.6. The van der Waals surface area contributed by atoms with Gasteiger partial charge in [0.05, 0.1) is 26.0 Å². The lowest BCUT2D eigenvalue weighted by molar-refractivity contribution is -0.123. The zero-order valence-corrected chi connectivity index (χ0v) is 19.8.